The molecule has 1 rings (SSSR count). The van der Waals surface area contributed by atoms with Crippen LogP contribution in [0.3, 0.4) is 0 Å². The van der Waals surface area contributed by atoms with Gasteiger partial charge in [0.25, 0.3) is 0 Å². The summed E-state index contributed by atoms with van der Waals surface area (Å²) in [5, 5.41) is 3.36. The average Bonchev–Trinajstić information content (AvgIpc) is 2.82. The number of imidazole rings is 1. The summed E-state index contributed by atoms with van der Waals surface area (Å²) in [5.41, 5.74) is 0. The van der Waals surface area contributed by atoms with Crippen molar-refractivity contribution >= 4 is 5.95 Å². The molecule has 0 amide bonds. The van der Waals surface area contributed by atoms with Gasteiger partial charge in [-0.05, 0) is 20.0 Å². The molecular weight excluding hydrogens is 228 g/mol. The van der Waals surface area contributed by atoms with Gasteiger partial charge in [0.05, 0.1) is 6.10 Å². The van der Waals surface area contributed by atoms with Crippen LogP contribution in [-0.2, 0) is 11.3 Å². The summed E-state index contributed by atoms with van der Waals surface area (Å²) < 4.78 is 7.61. The summed E-state index contributed by atoms with van der Waals surface area (Å²) in [6, 6.07) is 0. The zero-order chi connectivity index (χ0) is 13.4. The predicted molar refractivity (Wildman–Crippen MR) is 75.0 cm³/mol. The van der Waals surface area contributed by atoms with Crippen molar-refractivity contribution in [3.8, 4) is 0 Å². The van der Waals surface area contributed by atoms with Crippen molar-refractivity contribution in [1.29, 1.82) is 0 Å². The van der Waals surface area contributed by atoms with Crippen LogP contribution < -0.4 is 5.32 Å². The monoisotopic (exact) mass is 254 g/mol. The molecule has 0 saturated heterocycles. The normalized spacial score (nSPS) is 12.9. The van der Waals surface area contributed by atoms with E-state index in [0.717, 1.165) is 38.5 Å². The lowest BCUT2D eigenvalue weighted by Gasteiger charge is -2.22. The van der Waals surface area contributed by atoms with E-state index < -0.39 is 0 Å². The molecule has 0 saturated carbocycles. The molecule has 1 aromatic rings. The van der Waals surface area contributed by atoms with Crippen LogP contribution in [0.15, 0.2) is 12.4 Å². The first-order valence-corrected chi connectivity index (χ1v) is 6.67. The molecule has 1 aromatic heterocycles. The third-order valence-corrected chi connectivity index (χ3v) is 3.06. The van der Waals surface area contributed by atoms with Crippen molar-refractivity contribution in [2.75, 3.05) is 39.1 Å². The number of anilines is 1. The molecule has 0 aliphatic rings. The number of nitrogens with zero attached hydrogens (tertiary/aromatic N) is 3. The number of aryl methyl sites for hydroxylation is 1. The molecule has 0 spiro atoms. The second-order valence-corrected chi connectivity index (χ2v) is 4.54. The third-order valence-electron chi connectivity index (χ3n) is 3.06. The molecule has 18 heavy (non-hydrogen) atoms. The number of rotatable bonds is 9. The second-order valence-electron chi connectivity index (χ2n) is 4.54. The molecule has 1 unspecified atom stereocenters. The number of hydrogen-bond donors (Lipinski definition) is 1. The largest absolute Gasteiger partial charge is 0.378 e. The quantitative estimate of drug-likeness (QED) is 0.728. The van der Waals surface area contributed by atoms with Gasteiger partial charge in [-0.2, -0.15) is 0 Å². The van der Waals surface area contributed by atoms with Gasteiger partial charge in [-0.15, -0.1) is 0 Å². The van der Waals surface area contributed by atoms with Crippen LogP contribution in [0.25, 0.3) is 0 Å². The maximum atomic E-state index is 5.48. The van der Waals surface area contributed by atoms with Gasteiger partial charge >= 0.3 is 0 Å². The fourth-order valence-electron chi connectivity index (χ4n) is 1.80. The van der Waals surface area contributed by atoms with Gasteiger partial charge < -0.3 is 19.5 Å². The smallest absolute Gasteiger partial charge is 0.202 e. The van der Waals surface area contributed by atoms with Crippen LogP contribution in [0.4, 0.5) is 5.95 Å². The highest BCUT2D eigenvalue weighted by Gasteiger charge is 2.11. The molecule has 0 aliphatic heterocycles. The lowest BCUT2D eigenvalue weighted by Crippen LogP contribution is -2.35. The number of methoxy groups -OCH3 is 1. The number of nitrogens with one attached hydrogen (secondary N) is 1. The van der Waals surface area contributed by atoms with Crippen LogP contribution in [0, 0.1) is 0 Å². The first-order valence-electron chi connectivity index (χ1n) is 6.67. The van der Waals surface area contributed by atoms with Crippen LogP contribution in [0.2, 0.25) is 0 Å². The highest BCUT2D eigenvalue weighted by molar-refractivity contribution is 5.25. The summed E-state index contributed by atoms with van der Waals surface area (Å²) in [7, 11) is 3.86. The molecule has 1 heterocycles. The van der Waals surface area contributed by atoms with Gasteiger partial charge in [0.1, 0.15) is 0 Å². The predicted octanol–water partition coefficient (Wildman–Crippen LogP) is 1.67. The number of likely N-dealkylation sites (N-methyl/N-ethyl adjacent to an activating group) is 1. The van der Waals surface area contributed by atoms with E-state index in [1.165, 1.54) is 0 Å². The van der Waals surface area contributed by atoms with Crippen molar-refractivity contribution in [3.05, 3.63) is 12.4 Å². The van der Waals surface area contributed by atoms with Crippen molar-refractivity contribution < 1.29 is 4.74 Å². The molecule has 5 nitrogen and oxygen atoms in total. The molecule has 5 heteroatoms. The van der Waals surface area contributed by atoms with Gasteiger partial charge in [-0.25, -0.2) is 4.98 Å². The van der Waals surface area contributed by atoms with Gasteiger partial charge in [-0.1, -0.05) is 13.8 Å². The van der Waals surface area contributed by atoms with Crippen molar-refractivity contribution in [3.63, 3.8) is 0 Å². The zero-order valence-corrected chi connectivity index (χ0v) is 12.0. The van der Waals surface area contributed by atoms with Crippen molar-refractivity contribution in [1.82, 2.24) is 14.5 Å². The van der Waals surface area contributed by atoms with E-state index in [9.17, 15) is 0 Å². The highest BCUT2D eigenvalue weighted by atomic mass is 16.5. The Morgan fingerprint density at radius 1 is 1.50 bits per heavy atom. The summed E-state index contributed by atoms with van der Waals surface area (Å²) in [6.07, 6.45) is 5.13. The van der Waals surface area contributed by atoms with Crippen LogP contribution >= 0.6 is 0 Å². The summed E-state index contributed by atoms with van der Waals surface area (Å²) in [5.74, 6) is 0.929. The van der Waals surface area contributed by atoms with Gasteiger partial charge in [0, 0.05) is 39.1 Å². The molecule has 0 aliphatic carbocycles. The summed E-state index contributed by atoms with van der Waals surface area (Å²) >= 11 is 0. The number of hydrogen-bond acceptors (Lipinski definition) is 4. The average molecular weight is 254 g/mol. The minimum Gasteiger partial charge on any atom is -0.378 e. The molecule has 1 N–H and O–H groups in total. The highest BCUT2D eigenvalue weighted by Crippen LogP contribution is 2.06. The maximum Gasteiger partial charge on any atom is 0.202 e. The standard InChI is InChI=1S/C13H26N4O/c1-5-8-17-9-7-14-13(17)15-10-12(18-4)11-16(3)6-2/h7,9,12H,5-6,8,10-11H2,1-4H3,(H,14,15). The second kappa shape index (κ2) is 8.11. The molecule has 0 aromatic carbocycles. The SMILES string of the molecule is CCCn1ccnc1NCC(CN(C)CC)OC. The minimum atomic E-state index is 0.182. The van der Waals surface area contributed by atoms with Gasteiger partial charge in [-0.3, -0.25) is 0 Å². The Morgan fingerprint density at radius 3 is 2.89 bits per heavy atom. The minimum absolute atomic E-state index is 0.182. The number of aromatic nitrogens is 2. The topological polar surface area (TPSA) is 42.3 Å². The van der Waals surface area contributed by atoms with Gasteiger partial charge in [0.2, 0.25) is 5.95 Å². The van der Waals surface area contributed by atoms with Crippen molar-refractivity contribution in [2.24, 2.45) is 0 Å². The van der Waals surface area contributed by atoms with Gasteiger partial charge in [0.15, 0.2) is 0 Å². The fraction of sp³-hybridized carbons (Fsp3) is 0.769. The Morgan fingerprint density at radius 2 is 2.28 bits per heavy atom. The Labute approximate surface area is 110 Å². The first-order chi connectivity index (χ1) is 8.71. The Hall–Kier alpha value is -1.07. The molecular formula is C13H26N4O. The molecule has 0 radical (unpaired) electrons. The number of ether oxygens (including phenoxy) is 1. The lowest BCUT2D eigenvalue weighted by molar-refractivity contribution is 0.0826. The van der Waals surface area contributed by atoms with E-state index in [1.807, 2.05) is 12.4 Å². The van der Waals surface area contributed by atoms with Crippen LogP contribution in [0.5, 0.6) is 0 Å². The van der Waals surface area contributed by atoms with Crippen LogP contribution in [-0.4, -0.2) is 54.3 Å². The molecule has 104 valence electrons. The Balaban J connectivity index is 2.44. The first kappa shape index (κ1) is 15.0. The van der Waals surface area contributed by atoms with E-state index in [2.05, 4.69) is 40.7 Å². The maximum absolute atomic E-state index is 5.48. The third kappa shape index (κ3) is 4.66. The van der Waals surface area contributed by atoms with E-state index in [1.54, 1.807) is 7.11 Å². The fourth-order valence-corrected chi connectivity index (χ4v) is 1.80. The van der Waals surface area contributed by atoms with E-state index >= 15 is 0 Å². The lowest BCUT2D eigenvalue weighted by atomic mass is 10.3. The Kier molecular flexibility index (Phi) is 6.75. The van der Waals surface area contributed by atoms with E-state index in [0.29, 0.717) is 0 Å². The summed E-state index contributed by atoms with van der Waals surface area (Å²) in [6.45, 7) is 8.04. The molecule has 1 atom stereocenters. The zero-order valence-electron chi connectivity index (χ0n) is 12.0. The van der Waals surface area contributed by atoms with Crippen molar-refractivity contribution in [2.45, 2.75) is 32.9 Å². The Bertz CT molecular complexity index is 327. The molecule has 0 fully saturated rings. The van der Waals surface area contributed by atoms with Crippen LogP contribution in [0.1, 0.15) is 20.3 Å². The molecule has 0 bridgehead atoms. The summed E-state index contributed by atoms with van der Waals surface area (Å²) in [4.78, 5) is 6.57. The van der Waals surface area contributed by atoms with E-state index in [-0.39, 0.29) is 6.10 Å². The van der Waals surface area contributed by atoms with E-state index in [4.69, 9.17) is 4.74 Å².